The second-order valence-electron chi connectivity index (χ2n) is 6.57. The molecule has 1 fully saturated rings. The molecule has 1 atom stereocenters. The Labute approximate surface area is 127 Å². The summed E-state index contributed by atoms with van der Waals surface area (Å²) >= 11 is 0. The average molecular weight is 313 g/mol. The Hall–Kier alpha value is -1.81. The van der Waals surface area contributed by atoms with Crippen LogP contribution < -0.4 is 5.32 Å². The summed E-state index contributed by atoms with van der Waals surface area (Å²) in [6.45, 7) is 7.56. The van der Waals surface area contributed by atoms with Gasteiger partial charge in [-0.2, -0.15) is 18.4 Å². The molecule has 1 aromatic heterocycles. The lowest BCUT2D eigenvalue weighted by Crippen LogP contribution is -2.38. The van der Waals surface area contributed by atoms with E-state index in [1.54, 1.807) is 0 Å². The number of pyridine rings is 1. The van der Waals surface area contributed by atoms with Crippen molar-refractivity contribution in [2.45, 2.75) is 57.5 Å². The van der Waals surface area contributed by atoms with Crippen molar-refractivity contribution in [2.75, 3.05) is 5.32 Å². The summed E-state index contributed by atoms with van der Waals surface area (Å²) < 4.78 is 44.3. The van der Waals surface area contributed by atoms with Crippen molar-refractivity contribution in [1.82, 2.24) is 4.98 Å². The van der Waals surface area contributed by atoms with Crippen LogP contribution in [0.3, 0.4) is 0 Å². The lowest BCUT2D eigenvalue weighted by molar-refractivity contribution is -0.141. The third-order valence-corrected chi connectivity index (χ3v) is 3.69. The monoisotopic (exact) mass is 313 g/mol. The first-order valence-electron chi connectivity index (χ1n) is 6.90. The predicted molar refractivity (Wildman–Crippen MR) is 75.2 cm³/mol. The largest absolute Gasteiger partial charge is 0.433 e. The molecular weight excluding hydrogens is 295 g/mol. The van der Waals surface area contributed by atoms with E-state index < -0.39 is 23.1 Å². The van der Waals surface area contributed by atoms with Crippen LogP contribution in [0.4, 0.5) is 19.0 Å². The number of nitrogens with one attached hydrogen (secondary N) is 1. The van der Waals surface area contributed by atoms with Gasteiger partial charge in [0.1, 0.15) is 17.6 Å². The highest BCUT2D eigenvalue weighted by Gasteiger charge is 2.46. The van der Waals surface area contributed by atoms with Crippen molar-refractivity contribution in [2.24, 2.45) is 0 Å². The molecule has 4 nitrogen and oxygen atoms in total. The molecule has 22 heavy (non-hydrogen) atoms. The SMILES string of the molecule is CC1(C)CC(Nc2nc(C(F)(F)F)ccc2C#N)C(C)(C)O1. The van der Waals surface area contributed by atoms with E-state index in [0.29, 0.717) is 6.42 Å². The highest BCUT2D eigenvalue weighted by atomic mass is 19.4. The molecule has 1 N–H and O–H groups in total. The zero-order valence-electron chi connectivity index (χ0n) is 12.9. The summed E-state index contributed by atoms with van der Waals surface area (Å²) in [5, 5.41) is 12.0. The molecule has 0 radical (unpaired) electrons. The molecule has 0 aromatic carbocycles. The van der Waals surface area contributed by atoms with E-state index in [4.69, 9.17) is 10.00 Å². The zero-order valence-corrected chi connectivity index (χ0v) is 12.9. The lowest BCUT2D eigenvalue weighted by atomic mass is 9.94. The van der Waals surface area contributed by atoms with E-state index in [0.717, 1.165) is 12.1 Å². The van der Waals surface area contributed by atoms with Gasteiger partial charge >= 0.3 is 6.18 Å². The van der Waals surface area contributed by atoms with Gasteiger partial charge in [-0.25, -0.2) is 4.98 Å². The van der Waals surface area contributed by atoms with Gasteiger partial charge in [0.2, 0.25) is 0 Å². The number of alkyl halides is 3. The molecule has 1 aromatic rings. The fourth-order valence-corrected chi connectivity index (χ4v) is 2.77. The molecule has 1 unspecified atom stereocenters. The topological polar surface area (TPSA) is 57.9 Å². The third kappa shape index (κ3) is 3.33. The van der Waals surface area contributed by atoms with Crippen molar-refractivity contribution in [3.8, 4) is 6.07 Å². The molecule has 2 rings (SSSR count). The molecule has 0 amide bonds. The van der Waals surface area contributed by atoms with E-state index in [1.807, 2.05) is 33.8 Å². The maximum Gasteiger partial charge on any atom is 0.433 e. The Balaban J connectivity index is 2.35. The summed E-state index contributed by atoms with van der Waals surface area (Å²) in [5.74, 6) is -0.0586. The van der Waals surface area contributed by atoms with Crippen LogP contribution in [0.15, 0.2) is 12.1 Å². The maximum absolute atomic E-state index is 12.8. The molecule has 1 aliphatic rings. The summed E-state index contributed by atoms with van der Waals surface area (Å²) in [6.07, 6.45) is -3.95. The van der Waals surface area contributed by atoms with Crippen LogP contribution in [0.2, 0.25) is 0 Å². The molecular formula is C15H18F3N3O. The fraction of sp³-hybridized carbons (Fsp3) is 0.600. The van der Waals surface area contributed by atoms with Gasteiger partial charge in [0, 0.05) is 0 Å². The minimum atomic E-state index is -4.55. The molecule has 0 bridgehead atoms. The minimum absolute atomic E-state index is 0.0586. The van der Waals surface area contributed by atoms with E-state index in [-0.39, 0.29) is 17.4 Å². The Morgan fingerprint density at radius 1 is 1.32 bits per heavy atom. The quantitative estimate of drug-likeness (QED) is 0.904. The van der Waals surface area contributed by atoms with Gasteiger partial charge in [0.15, 0.2) is 0 Å². The number of hydrogen-bond donors (Lipinski definition) is 1. The van der Waals surface area contributed by atoms with Crippen molar-refractivity contribution < 1.29 is 17.9 Å². The Bertz CT molecular complexity index is 617. The molecule has 1 aliphatic heterocycles. The van der Waals surface area contributed by atoms with E-state index in [1.165, 1.54) is 0 Å². The minimum Gasteiger partial charge on any atom is -0.367 e. The Morgan fingerprint density at radius 3 is 2.41 bits per heavy atom. The van der Waals surface area contributed by atoms with Gasteiger partial charge in [-0.15, -0.1) is 0 Å². The molecule has 120 valence electrons. The highest BCUT2D eigenvalue weighted by Crippen LogP contribution is 2.39. The standard InChI is InChI=1S/C15H18F3N3O/c1-13(2)7-11(14(3,4)22-13)21-12-9(8-19)5-6-10(20-12)15(16,17)18/h5-6,11H,7H2,1-4H3,(H,20,21). The van der Waals surface area contributed by atoms with Crippen LogP contribution in [-0.4, -0.2) is 22.2 Å². The number of nitrogens with zero attached hydrogens (tertiary/aromatic N) is 2. The number of halogens is 3. The van der Waals surface area contributed by atoms with Crippen molar-refractivity contribution in [3.63, 3.8) is 0 Å². The number of rotatable bonds is 2. The van der Waals surface area contributed by atoms with Gasteiger partial charge in [-0.3, -0.25) is 0 Å². The normalized spacial score (nSPS) is 23.1. The second kappa shape index (κ2) is 5.13. The Kier molecular flexibility index (Phi) is 3.86. The molecule has 2 heterocycles. The molecule has 0 aliphatic carbocycles. The van der Waals surface area contributed by atoms with Crippen molar-refractivity contribution >= 4 is 5.82 Å². The van der Waals surface area contributed by atoms with E-state index in [9.17, 15) is 13.2 Å². The summed E-state index contributed by atoms with van der Waals surface area (Å²) in [5.41, 5.74) is -1.92. The first kappa shape index (κ1) is 16.6. The number of anilines is 1. The summed E-state index contributed by atoms with van der Waals surface area (Å²) in [6, 6.07) is 3.56. The first-order chi connectivity index (χ1) is 9.94. The predicted octanol–water partition coefficient (Wildman–Crippen LogP) is 3.73. The van der Waals surface area contributed by atoms with Gasteiger partial charge in [-0.1, -0.05) is 0 Å². The van der Waals surface area contributed by atoms with Crippen LogP contribution >= 0.6 is 0 Å². The number of nitriles is 1. The van der Waals surface area contributed by atoms with E-state index in [2.05, 4.69) is 10.3 Å². The number of aromatic nitrogens is 1. The fourth-order valence-electron chi connectivity index (χ4n) is 2.77. The zero-order chi connectivity index (χ0) is 16.8. The number of ether oxygens (including phenoxy) is 1. The lowest BCUT2D eigenvalue weighted by Gasteiger charge is -2.28. The van der Waals surface area contributed by atoms with Gasteiger partial charge in [-0.05, 0) is 46.2 Å². The van der Waals surface area contributed by atoms with Crippen LogP contribution in [0.25, 0.3) is 0 Å². The van der Waals surface area contributed by atoms with Gasteiger partial charge in [0.25, 0.3) is 0 Å². The highest BCUT2D eigenvalue weighted by molar-refractivity contribution is 5.53. The molecule has 7 heteroatoms. The second-order valence-corrected chi connectivity index (χ2v) is 6.57. The van der Waals surface area contributed by atoms with Crippen LogP contribution in [0.1, 0.15) is 45.4 Å². The summed E-state index contributed by atoms with van der Waals surface area (Å²) in [7, 11) is 0. The van der Waals surface area contributed by atoms with Crippen LogP contribution in [0, 0.1) is 11.3 Å². The van der Waals surface area contributed by atoms with Crippen molar-refractivity contribution in [1.29, 1.82) is 5.26 Å². The number of hydrogen-bond acceptors (Lipinski definition) is 4. The average Bonchev–Trinajstić information content (AvgIpc) is 2.55. The maximum atomic E-state index is 12.8. The molecule has 0 spiro atoms. The van der Waals surface area contributed by atoms with Crippen LogP contribution in [-0.2, 0) is 10.9 Å². The van der Waals surface area contributed by atoms with E-state index >= 15 is 0 Å². The first-order valence-corrected chi connectivity index (χ1v) is 6.90. The molecule has 0 saturated carbocycles. The van der Waals surface area contributed by atoms with Gasteiger partial charge < -0.3 is 10.1 Å². The van der Waals surface area contributed by atoms with Crippen molar-refractivity contribution in [3.05, 3.63) is 23.4 Å². The third-order valence-electron chi connectivity index (χ3n) is 3.69. The smallest absolute Gasteiger partial charge is 0.367 e. The van der Waals surface area contributed by atoms with Crippen LogP contribution in [0.5, 0.6) is 0 Å². The molecule has 1 saturated heterocycles. The summed E-state index contributed by atoms with van der Waals surface area (Å²) in [4.78, 5) is 3.58. The van der Waals surface area contributed by atoms with Gasteiger partial charge in [0.05, 0.1) is 22.8 Å². The Morgan fingerprint density at radius 2 is 1.95 bits per heavy atom.